The van der Waals surface area contributed by atoms with Crippen molar-refractivity contribution in [1.82, 2.24) is 14.9 Å². The van der Waals surface area contributed by atoms with Gasteiger partial charge in [-0.3, -0.25) is 0 Å². The van der Waals surface area contributed by atoms with Gasteiger partial charge in [0.25, 0.3) is 5.88 Å². The second kappa shape index (κ2) is 12.3. The molecule has 0 bridgehead atoms. The van der Waals surface area contributed by atoms with Crippen molar-refractivity contribution >= 4 is 11.9 Å². The van der Waals surface area contributed by atoms with E-state index in [1.807, 2.05) is 45.0 Å². The summed E-state index contributed by atoms with van der Waals surface area (Å²) in [6, 6.07) is 7.43. The van der Waals surface area contributed by atoms with Crippen molar-refractivity contribution in [1.29, 1.82) is 0 Å². The number of ether oxygens (including phenoxy) is 5. The van der Waals surface area contributed by atoms with Crippen LogP contribution >= 0.6 is 0 Å². The van der Waals surface area contributed by atoms with Crippen LogP contribution in [0, 0.1) is 0 Å². The van der Waals surface area contributed by atoms with E-state index in [0.29, 0.717) is 70.1 Å². The molecule has 0 N–H and O–H groups in total. The first kappa shape index (κ1) is 25.4. The molecule has 1 aromatic heterocycles. The van der Waals surface area contributed by atoms with Crippen LogP contribution in [0.4, 0.5) is 10.6 Å². The van der Waals surface area contributed by atoms with Crippen LogP contribution in [0.2, 0.25) is 0 Å². The molecular weight excluding hydrogens is 440 g/mol. The van der Waals surface area contributed by atoms with Crippen LogP contribution in [0.25, 0.3) is 0 Å². The maximum absolute atomic E-state index is 12.3. The van der Waals surface area contributed by atoms with Gasteiger partial charge in [-0.25, -0.2) is 14.8 Å². The molecule has 1 aliphatic heterocycles. The Morgan fingerprint density at radius 3 is 2.18 bits per heavy atom. The number of carbonyl (C=O) groups excluding carboxylic acids is 1. The lowest BCUT2D eigenvalue weighted by molar-refractivity contribution is 0.0240. The van der Waals surface area contributed by atoms with Gasteiger partial charge in [0.2, 0.25) is 0 Å². The maximum Gasteiger partial charge on any atom is 0.410 e. The summed E-state index contributed by atoms with van der Waals surface area (Å²) in [6.07, 6.45) is 2.93. The van der Waals surface area contributed by atoms with Crippen LogP contribution < -0.4 is 19.1 Å². The number of piperazine rings is 1. The van der Waals surface area contributed by atoms with Crippen LogP contribution in [0.5, 0.6) is 17.4 Å². The first-order valence-electron chi connectivity index (χ1n) is 11.4. The third kappa shape index (κ3) is 7.95. The number of anilines is 1. The smallest absolute Gasteiger partial charge is 0.410 e. The Balaban J connectivity index is 1.47. The topological polar surface area (TPSA) is 95.5 Å². The molecule has 1 aliphatic rings. The average molecular weight is 475 g/mol. The van der Waals surface area contributed by atoms with Gasteiger partial charge in [0.05, 0.1) is 6.61 Å². The Morgan fingerprint density at radius 2 is 1.53 bits per heavy atom. The molecule has 34 heavy (non-hydrogen) atoms. The predicted octanol–water partition coefficient (Wildman–Crippen LogP) is 3.02. The molecule has 1 amide bonds. The highest BCUT2D eigenvalue weighted by molar-refractivity contribution is 5.68. The van der Waals surface area contributed by atoms with Crippen LogP contribution in [0.15, 0.2) is 36.7 Å². The summed E-state index contributed by atoms with van der Waals surface area (Å²) >= 11 is 0. The maximum atomic E-state index is 12.3. The molecule has 0 saturated carbocycles. The zero-order valence-corrected chi connectivity index (χ0v) is 20.4. The Hall–Kier alpha value is -3.27. The van der Waals surface area contributed by atoms with Gasteiger partial charge in [0.1, 0.15) is 36.9 Å². The van der Waals surface area contributed by atoms with Crippen LogP contribution in [0.1, 0.15) is 20.8 Å². The average Bonchev–Trinajstić information content (AvgIpc) is 2.82. The van der Waals surface area contributed by atoms with Crippen molar-refractivity contribution in [3.63, 3.8) is 0 Å². The number of rotatable bonds is 10. The van der Waals surface area contributed by atoms with E-state index in [0.717, 1.165) is 5.75 Å². The monoisotopic (exact) mass is 474 g/mol. The van der Waals surface area contributed by atoms with Gasteiger partial charge in [-0.15, -0.1) is 0 Å². The molecule has 0 aliphatic carbocycles. The summed E-state index contributed by atoms with van der Waals surface area (Å²) in [5, 5.41) is 0. The fourth-order valence-electron chi connectivity index (χ4n) is 3.26. The molecule has 10 nitrogen and oxygen atoms in total. The van der Waals surface area contributed by atoms with Gasteiger partial charge in [-0.1, -0.05) is 6.07 Å². The van der Waals surface area contributed by atoms with Crippen LogP contribution in [-0.2, 0) is 9.47 Å². The van der Waals surface area contributed by atoms with E-state index in [1.54, 1.807) is 24.4 Å². The Kier molecular flexibility index (Phi) is 9.15. The number of aromatic nitrogens is 2. The fraction of sp³-hybridized carbons (Fsp3) is 0.542. The highest BCUT2D eigenvalue weighted by atomic mass is 16.6. The number of nitrogens with zero attached hydrogens (tertiary/aromatic N) is 4. The van der Waals surface area contributed by atoms with E-state index < -0.39 is 5.60 Å². The lowest BCUT2D eigenvalue weighted by atomic mass is 10.2. The summed E-state index contributed by atoms with van der Waals surface area (Å²) < 4.78 is 27.7. The van der Waals surface area contributed by atoms with Crippen molar-refractivity contribution in [2.75, 3.05) is 64.6 Å². The van der Waals surface area contributed by atoms with Crippen molar-refractivity contribution in [2.45, 2.75) is 26.4 Å². The number of hydrogen-bond donors (Lipinski definition) is 0. The molecule has 2 heterocycles. The summed E-state index contributed by atoms with van der Waals surface area (Å²) in [5.41, 5.74) is -0.513. The third-order valence-electron chi connectivity index (χ3n) is 4.83. The molecule has 1 saturated heterocycles. The van der Waals surface area contributed by atoms with Crippen molar-refractivity contribution in [2.24, 2.45) is 0 Å². The summed E-state index contributed by atoms with van der Waals surface area (Å²) in [4.78, 5) is 24.9. The molecule has 10 heteroatoms. The largest absolute Gasteiger partial charge is 0.491 e. The molecule has 0 unspecified atom stereocenters. The van der Waals surface area contributed by atoms with E-state index in [2.05, 4.69) is 14.9 Å². The second-order valence-corrected chi connectivity index (χ2v) is 8.65. The van der Waals surface area contributed by atoms with Crippen LogP contribution in [-0.4, -0.2) is 86.3 Å². The molecular formula is C24H34N4O6. The number of amides is 1. The Morgan fingerprint density at radius 1 is 0.912 bits per heavy atom. The Bertz CT molecular complexity index is 912. The van der Waals surface area contributed by atoms with Crippen molar-refractivity contribution in [3.8, 4) is 17.4 Å². The first-order chi connectivity index (χ1) is 16.4. The van der Waals surface area contributed by atoms with Gasteiger partial charge in [0, 0.05) is 51.7 Å². The van der Waals surface area contributed by atoms with Crippen LogP contribution in [0.3, 0.4) is 0 Å². The number of hydrogen-bond acceptors (Lipinski definition) is 9. The lowest BCUT2D eigenvalue weighted by Crippen LogP contribution is -2.50. The molecule has 0 atom stereocenters. The fourth-order valence-corrected chi connectivity index (χ4v) is 3.26. The predicted molar refractivity (Wildman–Crippen MR) is 127 cm³/mol. The zero-order valence-electron chi connectivity index (χ0n) is 20.4. The SMILES string of the molecule is COCCOc1cccc(OCCOc2nccnc2N2CCN(C(=O)OC(C)(C)C)CC2)c1. The quantitative estimate of drug-likeness (QED) is 0.482. The van der Waals surface area contributed by atoms with Gasteiger partial charge in [-0.05, 0) is 32.9 Å². The van der Waals surface area contributed by atoms with Crippen molar-refractivity contribution < 1.29 is 28.5 Å². The highest BCUT2D eigenvalue weighted by Crippen LogP contribution is 2.24. The summed E-state index contributed by atoms with van der Waals surface area (Å²) in [7, 11) is 1.63. The minimum Gasteiger partial charge on any atom is -0.491 e. The summed E-state index contributed by atoms with van der Waals surface area (Å²) in [6.45, 7) is 9.53. The van der Waals surface area contributed by atoms with E-state index in [4.69, 9.17) is 23.7 Å². The van der Waals surface area contributed by atoms with Gasteiger partial charge in [-0.2, -0.15) is 0 Å². The lowest BCUT2D eigenvalue weighted by Gasteiger charge is -2.36. The van der Waals surface area contributed by atoms with E-state index >= 15 is 0 Å². The zero-order chi connectivity index (χ0) is 24.4. The molecule has 2 aromatic rings. The first-order valence-corrected chi connectivity index (χ1v) is 11.4. The molecule has 0 radical (unpaired) electrons. The normalized spacial score (nSPS) is 14.0. The number of benzene rings is 1. The molecule has 0 spiro atoms. The Labute approximate surface area is 200 Å². The van der Waals surface area contributed by atoms with Gasteiger partial charge in [0.15, 0.2) is 5.82 Å². The van der Waals surface area contributed by atoms with E-state index in [1.165, 1.54) is 0 Å². The number of carbonyl (C=O) groups is 1. The molecule has 3 rings (SSSR count). The minimum absolute atomic E-state index is 0.298. The standard InChI is InChI=1S/C24H34N4O6/c1-24(2,3)34-23(29)28-12-10-27(11-13-28)21-22(26-9-8-25-21)33-17-16-32-20-7-5-6-19(18-20)31-15-14-30-4/h5-9,18H,10-17H2,1-4H3. The highest BCUT2D eigenvalue weighted by Gasteiger charge is 2.27. The van der Waals surface area contributed by atoms with Gasteiger partial charge >= 0.3 is 6.09 Å². The summed E-state index contributed by atoms with van der Waals surface area (Å²) in [5.74, 6) is 2.50. The number of methoxy groups -OCH3 is 1. The molecule has 1 fully saturated rings. The molecule has 1 aromatic carbocycles. The van der Waals surface area contributed by atoms with E-state index in [9.17, 15) is 4.79 Å². The van der Waals surface area contributed by atoms with Crippen molar-refractivity contribution in [3.05, 3.63) is 36.7 Å². The van der Waals surface area contributed by atoms with E-state index in [-0.39, 0.29) is 6.09 Å². The minimum atomic E-state index is -0.513. The third-order valence-corrected chi connectivity index (χ3v) is 4.83. The molecule has 186 valence electrons. The van der Waals surface area contributed by atoms with Gasteiger partial charge < -0.3 is 33.5 Å². The second-order valence-electron chi connectivity index (χ2n) is 8.65.